The van der Waals surface area contributed by atoms with Crippen molar-refractivity contribution in [2.45, 2.75) is 43.4 Å². The lowest BCUT2D eigenvalue weighted by atomic mass is 10.1. The van der Waals surface area contributed by atoms with E-state index in [2.05, 4.69) is 22.2 Å². The largest absolute Gasteiger partial charge is 0.393 e. The first-order valence-corrected chi connectivity index (χ1v) is 8.84. The molecule has 2 atom stereocenters. The quantitative estimate of drug-likeness (QED) is 0.315. The van der Waals surface area contributed by atoms with Gasteiger partial charge in [0, 0.05) is 26.4 Å². The SMILES string of the molecule is CCCSc1nc(Cl)c(N)c(N[C@H]2CO[C@@H](C(OC)OC)C2)n1. The monoisotopic (exact) mass is 362 g/mol. The second-order valence-electron chi connectivity index (χ2n) is 5.20. The van der Waals surface area contributed by atoms with Crippen molar-refractivity contribution in [1.82, 2.24) is 9.97 Å². The number of aromatic nitrogens is 2. The topological polar surface area (TPSA) is 91.5 Å². The molecule has 1 aromatic heterocycles. The van der Waals surface area contributed by atoms with E-state index in [1.807, 2.05) is 0 Å². The summed E-state index contributed by atoms with van der Waals surface area (Å²) in [5.41, 5.74) is 6.34. The molecule has 1 fully saturated rings. The molecule has 1 aromatic rings. The van der Waals surface area contributed by atoms with Crippen LogP contribution in [0.1, 0.15) is 19.8 Å². The first kappa shape index (κ1) is 18.5. The Hall–Kier alpha value is -0.800. The standard InChI is InChI=1S/C14H23ClN4O3S/c1-4-5-23-14-18-11(15)10(16)12(19-14)17-8-6-9(22-7-8)13(20-2)21-3/h8-9,13H,4-7,16H2,1-3H3,(H,17,18,19)/t8-,9-/m1/s1. The van der Waals surface area contributed by atoms with Crippen LogP contribution in [0.5, 0.6) is 0 Å². The maximum absolute atomic E-state index is 6.11. The molecule has 0 aliphatic carbocycles. The van der Waals surface area contributed by atoms with Crippen molar-refractivity contribution in [1.29, 1.82) is 0 Å². The smallest absolute Gasteiger partial charge is 0.191 e. The van der Waals surface area contributed by atoms with Crippen LogP contribution in [0.15, 0.2) is 5.16 Å². The highest BCUT2D eigenvalue weighted by Gasteiger charge is 2.32. The van der Waals surface area contributed by atoms with Crippen LogP contribution < -0.4 is 11.1 Å². The van der Waals surface area contributed by atoms with Crippen LogP contribution >= 0.6 is 23.4 Å². The third-order valence-corrected chi connectivity index (χ3v) is 4.79. The maximum Gasteiger partial charge on any atom is 0.191 e. The van der Waals surface area contributed by atoms with Crippen molar-refractivity contribution in [2.24, 2.45) is 0 Å². The zero-order chi connectivity index (χ0) is 16.8. The first-order chi connectivity index (χ1) is 11.1. The van der Waals surface area contributed by atoms with E-state index >= 15 is 0 Å². The summed E-state index contributed by atoms with van der Waals surface area (Å²) in [7, 11) is 3.19. The molecule has 130 valence electrons. The van der Waals surface area contributed by atoms with Gasteiger partial charge < -0.3 is 25.3 Å². The fourth-order valence-corrected chi connectivity index (χ4v) is 3.25. The Labute approximate surface area is 145 Å². The minimum absolute atomic E-state index is 0.0603. The fraction of sp³-hybridized carbons (Fsp3) is 0.714. The Kier molecular flexibility index (Phi) is 7.16. The van der Waals surface area contributed by atoms with Crippen molar-refractivity contribution in [2.75, 3.05) is 37.6 Å². The third-order valence-electron chi connectivity index (χ3n) is 3.45. The van der Waals surface area contributed by atoms with Gasteiger partial charge in [-0.15, -0.1) is 0 Å². The predicted molar refractivity (Wildman–Crippen MR) is 92.0 cm³/mol. The van der Waals surface area contributed by atoms with Gasteiger partial charge in [-0.05, 0) is 6.42 Å². The van der Waals surface area contributed by atoms with E-state index in [1.54, 1.807) is 26.0 Å². The highest BCUT2D eigenvalue weighted by molar-refractivity contribution is 7.99. The Morgan fingerprint density at radius 1 is 1.43 bits per heavy atom. The van der Waals surface area contributed by atoms with Gasteiger partial charge in [0.2, 0.25) is 0 Å². The highest BCUT2D eigenvalue weighted by atomic mass is 35.5. The number of methoxy groups -OCH3 is 2. The molecule has 23 heavy (non-hydrogen) atoms. The molecule has 0 aromatic carbocycles. The summed E-state index contributed by atoms with van der Waals surface area (Å²) >= 11 is 7.66. The molecular weight excluding hydrogens is 340 g/mol. The summed E-state index contributed by atoms with van der Waals surface area (Å²) < 4.78 is 16.2. The summed E-state index contributed by atoms with van der Waals surface area (Å²) in [5.74, 6) is 1.47. The van der Waals surface area contributed by atoms with Crippen LogP contribution in [0.4, 0.5) is 11.5 Å². The molecule has 2 heterocycles. The zero-order valence-electron chi connectivity index (χ0n) is 13.5. The summed E-state index contributed by atoms with van der Waals surface area (Å²) in [5, 5.41) is 4.18. The number of halogens is 1. The number of ether oxygens (including phenoxy) is 3. The molecule has 1 saturated heterocycles. The van der Waals surface area contributed by atoms with Gasteiger partial charge in [0.25, 0.3) is 0 Å². The Morgan fingerprint density at radius 3 is 2.83 bits per heavy atom. The number of nitrogens with zero attached hydrogens (tertiary/aromatic N) is 2. The summed E-state index contributed by atoms with van der Waals surface area (Å²) in [6, 6.07) is 0.0603. The molecule has 1 aliphatic rings. The van der Waals surface area contributed by atoms with E-state index < -0.39 is 0 Å². The van der Waals surface area contributed by atoms with Gasteiger partial charge in [-0.2, -0.15) is 0 Å². The Balaban J connectivity index is 2.04. The van der Waals surface area contributed by atoms with Crippen molar-refractivity contribution in [3.05, 3.63) is 5.15 Å². The van der Waals surface area contributed by atoms with Gasteiger partial charge >= 0.3 is 0 Å². The number of hydrogen-bond acceptors (Lipinski definition) is 8. The first-order valence-electron chi connectivity index (χ1n) is 7.48. The molecule has 0 amide bonds. The van der Waals surface area contributed by atoms with Gasteiger partial charge in [0.15, 0.2) is 22.4 Å². The number of hydrogen-bond donors (Lipinski definition) is 2. The Bertz CT molecular complexity index is 519. The maximum atomic E-state index is 6.11. The molecule has 0 unspecified atom stereocenters. The van der Waals surface area contributed by atoms with Crippen molar-refractivity contribution >= 4 is 34.9 Å². The fourth-order valence-electron chi connectivity index (χ4n) is 2.33. The lowest BCUT2D eigenvalue weighted by Crippen LogP contribution is -2.30. The van der Waals surface area contributed by atoms with E-state index in [0.29, 0.717) is 23.3 Å². The zero-order valence-corrected chi connectivity index (χ0v) is 15.1. The summed E-state index contributed by atoms with van der Waals surface area (Å²) in [6.45, 7) is 2.62. The molecule has 0 radical (unpaired) electrons. The summed E-state index contributed by atoms with van der Waals surface area (Å²) in [6.07, 6.45) is 1.25. The lowest BCUT2D eigenvalue weighted by Gasteiger charge is -2.19. The van der Waals surface area contributed by atoms with Gasteiger partial charge in [-0.3, -0.25) is 0 Å². The number of anilines is 2. The molecule has 7 nitrogen and oxygen atoms in total. The van der Waals surface area contributed by atoms with E-state index in [9.17, 15) is 0 Å². The van der Waals surface area contributed by atoms with Gasteiger partial charge in [-0.25, -0.2) is 9.97 Å². The van der Waals surface area contributed by atoms with E-state index in [0.717, 1.165) is 18.6 Å². The van der Waals surface area contributed by atoms with Gasteiger partial charge in [-0.1, -0.05) is 30.3 Å². The number of thioether (sulfide) groups is 1. The van der Waals surface area contributed by atoms with Crippen LogP contribution in [-0.2, 0) is 14.2 Å². The molecule has 0 spiro atoms. The number of nitrogens with two attached hydrogens (primary N) is 1. The van der Waals surface area contributed by atoms with Crippen LogP contribution in [0, 0.1) is 0 Å². The molecular formula is C14H23ClN4O3S. The summed E-state index contributed by atoms with van der Waals surface area (Å²) in [4.78, 5) is 8.65. The number of nitrogen functional groups attached to an aromatic ring is 1. The van der Waals surface area contributed by atoms with Crippen LogP contribution in [0.25, 0.3) is 0 Å². The predicted octanol–water partition coefficient (Wildman–Crippen LogP) is 2.40. The van der Waals surface area contributed by atoms with Gasteiger partial charge in [0.05, 0.1) is 12.6 Å². The molecule has 3 N–H and O–H groups in total. The molecule has 9 heteroatoms. The minimum atomic E-state index is -0.385. The number of nitrogens with one attached hydrogen (secondary N) is 1. The van der Waals surface area contributed by atoms with E-state index in [1.165, 1.54) is 0 Å². The molecule has 0 bridgehead atoms. The minimum Gasteiger partial charge on any atom is -0.393 e. The van der Waals surface area contributed by atoms with Crippen LogP contribution in [0.3, 0.4) is 0 Å². The second kappa shape index (κ2) is 8.89. The normalized spacial score (nSPS) is 21.1. The van der Waals surface area contributed by atoms with Crippen LogP contribution in [-0.4, -0.2) is 55.0 Å². The van der Waals surface area contributed by atoms with Crippen molar-refractivity contribution in [3.8, 4) is 0 Å². The lowest BCUT2D eigenvalue weighted by molar-refractivity contribution is -0.167. The third kappa shape index (κ3) is 4.84. The van der Waals surface area contributed by atoms with E-state index in [4.69, 9.17) is 31.5 Å². The average Bonchev–Trinajstić information content (AvgIpc) is 2.99. The van der Waals surface area contributed by atoms with E-state index in [-0.39, 0.29) is 23.6 Å². The van der Waals surface area contributed by atoms with Crippen molar-refractivity contribution in [3.63, 3.8) is 0 Å². The second-order valence-corrected chi connectivity index (χ2v) is 6.62. The average molecular weight is 363 g/mol. The molecule has 2 rings (SSSR count). The van der Waals surface area contributed by atoms with Gasteiger partial charge in [0.1, 0.15) is 11.8 Å². The molecule has 0 saturated carbocycles. The van der Waals surface area contributed by atoms with Crippen molar-refractivity contribution < 1.29 is 14.2 Å². The number of rotatable bonds is 8. The Morgan fingerprint density at radius 2 is 2.17 bits per heavy atom. The van der Waals surface area contributed by atoms with Crippen LogP contribution in [0.2, 0.25) is 5.15 Å². The highest BCUT2D eigenvalue weighted by Crippen LogP contribution is 2.30. The molecule has 1 aliphatic heterocycles.